The maximum absolute atomic E-state index is 13.8. The number of nitrogens with two attached hydrogens (primary N) is 5. The average Bonchev–Trinajstić information content (AvgIpc) is 1.73. The minimum Gasteiger partial charge on any atom is -0.497 e. The van der Waals surface area contributed by atoms with Crippen LogP contribution >= 0.6 is 54.5 Å². The van der Waals surface area contributed by atoms with E-state index in [0.717, 1.165) is 123 Å². The number of ether oxygens (including phenoxy) is 2. The van der Waals surface area contributed by atoms with E-state index in [9.17, 15) is 42.0 Å². The SMILES string of the molecule is CN1C(=O)C(c2ccc(C3(C#N)CC3)cc2)[C@@](C)(c2cccc(-c3cncc(F)c3)c2)N=C1N.CN1C(=O)C(c2ccc(C3CCC3)cc2)[C@@](C)(c2cc(Br)cs2)N=C1N.CN1C(=O)C[C@@](C)(c2ccc3cn[nH]c3c2)N=C1N.CN1C(=O)[C@H](c2ccc3c(c2)CCO3)[C@@](C)(c2cc(-c3cncc(Br)c3)cs2)N=C1N.COc1cccc(S(=O)(=O)N2CCCC([C@]3(C)CC(=O)N(C)C(N)=N3)C2)c1. The van der Waals surface area contributed by atoms with Gasteiger partial charge in [-0.15, -0.1) is 22.7 Å². The Balaban J connectivity index is 0.000000125. The first-order chi connectivity index (χ1) is 65.2. The summed E-state index contributed by atoms with van der Waals surface area (Å²) in [6, 6.07) is 52.2. The second-order valence-electron chi connectivity index (χ2n) is 37.0. The summed E-state index contributed by atoms with van der Waals surface area (Å²) in [5.74, 6) is 0.773. The quantitative estimate of drug-likeness (QED) is 0.0555. The van der Waals surface area contributed by atoms with Crippen LogP contribution in [0.3, 0.4) is 0 Å². The Morgan fingerprint density at radius 3 is 1.71 bits per heavy atom. The molecule has 5 aromatic heterocycles. The number of pyridine rings is 2. The molecule has 9 atom stereocenters. The lowest BCUT2D eigenvalue weighted by molar-refractivity contribution is -0.131. The van der Waals surface area contributed by atoms with Gasteiger partial charge in [0.15, 0.2) is 29.8 Å². The number of hydrogen-bond acceptors (Lipinski definition) is 25. The zero-order valence-corrected chi connectivity index (χ0v) is 83.4. The molecule has 0 bridgehead atoms. The number of aliphatic imine (C=N–C) groups is 5. The van der Waals surface area contributed by atoms with Crippen LogP contribution < -0.4 is 38.1 Å². The lowest BCUT2D eigenvalue weighted by Crippen LogP contribution is -2.54. The van der Waals surface area contributed by atoms with E-state index < -0.39 is 60.8 Å². The first-order valence-corrected chi connectivity index (χ1v) is 49.7. The normalized spacial score (nSPS) is 24.7. The number of amides is 5. The number of sulfonamides is 1. The number of hydrogen-bond donors (Lipinski definition) is 6. The minimum atomic E-state index is -3.65. The van der Waals surface area contributed by atoms with E-state index in [1.165, 1.54) is 72.9 Å². The molecule has 36 heteroatoms. The highest BCUT2D eigenvalue weighted by Gasteiger charge is 2.53. The molecule has 5 amide bonds. The molecule has 1 saturated heterocycles. The Morgan fingerprint density at radius 1 is 0.540 bits per heavy atom. The first kappa shape index (κ1) is 97.2. The van der Waals surface area contributed by atoms with Crippen molar-refractivity contribution in [3.05, 3.63) is 268 Å². The van der Waals surface area contributed by atoms with Crippen LogP contribution in [0.2, 0.25) is 0 Å². The number of aromatic nitrogens is 4. The molecule has 2 saturated carbocycles. The van der Waals surface area contributed by atoms with Gasteiger partial charge in [0, 0.05) is 120 Å². The Hall–Kier alpha value is -12.9. The van der Waals surface area contributed by atoms with Crippen LogP contribution in [0, 0.1) is 23.1 Å². The lowest BCUT2D eigenvalue weighted by Gasteiger charge is -2.43. The van der Waals surface area contributed by atoms with Gasteiger partial charge in [-0.2, -0.15) is 14.7 Å². The summed E-state index contributed by atoms with van der Waals surface area (Å²) in [4.78, 5) is 105. The van der Waals surface area contributed by atoms with Crippen LogP contribution in [0.15, 0.2) is 238 Å². The molecule has 30 nitrogen and oxygen atoms in total. The number of aromatic amines is 1. The Morgan fingerprint density at radius 2 is 1.11 bits per heavy atom. The Bertz CT molecular complexity index is 6880. The van der Waals surface area contributed by atoms with Gasteiger partial charge in [0.2, 0.25) is 39.6 Å². The summed E-state index contributed by atoms with van der Waals surface area (Å²) < 4.78 is 54.2. The third-order valence-electron chi connectivity index (χ3n) is 28.0. The van der Waals surface area contributed by atoms with Crippen molar-refractivity contribution >= 4 is 135 Å². The zero-order valence-electron chi connectivity index (χ0n) is 77.8. The largest absolute Gasteiger partial charge is 0.497 e. The molecule has 20 rings (SSSR count). The van der Waals surface area contributed by atoms with Crippen molar-refractivity contribution in [1.29, 1.82) is 5.26 Å². The topological polar surface area (TPSA) is 428 Å². The van der Waals surface area contributed by atoms with E-state index in [-0.39, 0.29) is 82.5 Å². The fourth-order valence-electron chi connectivity index (χ4n) is 19.0. The van der Waals surface area contributed by atoms with Gasteiger partial charge in [-0.25, -0.2) is 37.8 Å². The number of benzene rings is 6. The molecule has 11 aromatic rings. The maximum Gasteiger partial charge on any atom is 0.243 e. The summed E-state index contributed by atoms with van der Waals surface area (Å²) >= 11 is 10.2. The van der Waals surface area contributed by atoms with E-state index in [4.69, 9.17) is 53.1 Å². The van der Waals surface area contributed by atoms with Gasteiger partial charge in [0.25, 0.3) is 0 Å². The molecular weight excluding hydrogens is 1930 g/mol. The number of carbonyl (C=O) groups excluding carboxylic acids is 5. The second kappa shape index (κ2) is 38.6. The summed E-state index contributed by atoms with van der Waals surface area (Å²) in [5.41, 5.74) is 38.2. The van der Waals surface area contributed by atoms with Crippen molar-refractivity contribution in [2.75, 3.05) is 62.0 Å². The molecule has 7 aliphatic heterocycles. The number of halogens is 3. The van der Waals surface area contributed by atoms with Crippen LogP contribution in [-0.4, -0.2) is 184 Å². The number of fused-ring (bicyclic) bond motifs is 2. The number of methoxy groups -OCH3 is 1. The van der Waals surface area contributed by atoms with Gasteiger partial charge >= 0.3 is 0 Å². The number of nitriles is 1. The highest BCUT2D eigenvalue weighted by molar-refractivity contribution is 9.10. The van der Waals surface area contributed by atoms with Gasteiger partial charge in [0.1, 0.15) is 33.9 Å². The van der Waals surface area contributed by atoms with Gasteiger partial charge in [-0.1, -0.05) is 103 Å². The Kier molecular flexibility index (Phi) is 27.4. The number of nitrogens with zero attached hydrogens (tertiary/aromatic N) is 15. The molecule has 137 heavy (non-hydrogen) atoms. The monoisotopic (exact) mass is 2030 g/mol. The molecule has 710 valence electrons. The van der Waals surface area contributed by atoms with E-state index in [1.807, 2.05) is 137 Å². The predicted octanol–water partition coefficient (Wildman–Crippen LogP) is 15.1. The first-order valence-electron chi connectivity index (χ1n) is 44.9. The molecule has 2 aliphatic carbocycles. The van der Waals surface area contributed by atoms with Crippen molar-refractivity contribution in [3.63, 3.8) is 0 Å². The summed E-state index contributed by atoms with van der Waals surface area (Å²) in [6.07, 6.45) is 16.6. The minimum absolute atomic E-state index is 0.0130. The van der Waals surface area contributed by atoms with Crippen molar-refractivity contribution in [2.45, 2.75) is 161 Å². The number of rotatable bonds is 15. The summed E-state index contributed by atoms with van der Waals surface area (Å²) in [6.45, 7) is 11.1. The zero-order chi connectivity index (χ0) is 97.8. The van der Waals surface area contributed by atoms with Crippen molar-refractivity contribution in [1.82, 2.24) is 49.0 Å². The molecule has 11 N–H and O–H groups in total. The van der Waals surface area contributed by atoms with E-state index >= 15 is 0 Å². The molecule has 0 spiro atoms. The highest BCUT2D eigenvalue weighted by Crippen LogP contribution is 2.53. The molecule has 6 aromatic carbocycles. The van der Waals surface area contributed by atoms with E-state index in [0.29, 0.717) is 49.8 Å². The highest BCUT2D eigenvalue weighted by atomic mass is 79.9. The number of nitrogens with one attached hydrogen (secondary N) is 1. The Labute approximate surface area is 819 Å². The number of H-pyrrole nitrogens is 1. The fraction of sp³-hybridized carbons (Fsp3) is 0.347. The molecule has 3 unspecified atom stereocenters. The van der Waals surface area contributed by atoms with Crippen molar-refractivity contribution < 1.29 is 46.3 Å². The number of thiophene rings is 2. The number of likely N-dealkylation sites (N-methyl/N-ethyl adjacent to an activating group) is 3. The van der Waals surface area contributed by atoms with Crippen molar-refractivity contribution in [2.24, 2.45) is 59.5 Å². The fourth-order valence-corrected chi connectivity index (χ4v) is 23.6. The van der Waals surface area contributed by atoms with Crippen molar-refractivity contribution in [3.8, 4) is 39.8 Å². The van der Waals surface area contributed by atoms with E-state index in [2.05, 4.69) is 110 Å². The number of guanidine groups is 5. The molecule has 0 radical (unpaired) electrons. The van der Waals surface area contributed by atoms with Gasteiger partial charge in [0.05, 0.1) is 89.7 Å². The lowest BCUT2D eigenvalue weighted by atomic mass is 9.73. The second-order valence-corrected chi connectivity index (χ2v) is 42.6. The van der Waals surface area contributed by atoms with Crippen LogP contribution in [0.1, 0.15) is 170 Å². The molecular formula is C101H108Br2FN21O9S3. The standard InChI is InChI=1S/C27H24FN5O.C23H21BrN4O2S.C20H22BrN3OS.C18H26N4O4S.C13H15N5O/c1-26(21-5-3-4-18(12-21)19-13-22(28)15-31-14-19)23(24(34)33(2)25(30)32-26)17-6-8-20(9-7-17)27(16-29)10-11-27;1-23(19-9-16(12-31-19)15-8-17(24)11-26-10-15)20(21(29)28(2)22(25)27-23)14-3-4-18-13(7-14)5-6-30-18;1-20(16-10-15(21)11-26-16)17(18(25)24(2)19(22)23-20)14-8-6-13(7-9-14)12-4-3-5-12;1-18(11-16(23)21(2)17(19)20-18)13-6-5-9-22(12-13)27(24,25)15-8-4-7-14(10-15)26-3;1-13(6-11(19)18(2)12(14)16-13)9-4-3-8-7-15-17-10(8)5-9/h3-9,12-15,23H,10-11H2,1-2H3,(H2,30,32);3-4,7-12,20H,5-6H2,1-2H3,(H2,25,27);6-12,17H,3-5H2,1-2H3,(H2,22,23);4,7-8,10,13H,5-6,9,11-12H2,1-3H3,(H2,19,20);3-5,7H,6H2,1-2H3,(H2,14,16)(H,15,17)/t23?,26-;20-,23+;17?,20-;13?,18-;13-/m10100/s1. The van der Waals surface area contributed by atoms with Gasteiger partial charge in [-0.05, 0) is 232 Å². The van der Waals surface area contributed by atoms with Crippen LogP contribution in [0.25, 0.3) is 33.2 Å². The van der Waals surface area contributed by atoms with Crippen LogP contribution in [-0.2, 0) is 68.0 Å². The maximum atomic E-state index is 13.8. The smallest absolute Gasteiger partial charge is 0.243 e. The average molecular weight is 2040 g/mol. The van der Waals surface area contributed by atoms with Crippen LogP contribution in [0.4, 0.5) is 4.39 Å². The third-order valence-corrected chi connectivity index (χ3v) is 33.4. The van der Waals surface area contributed by atoms with Gasteiger partial charge in [-0.3, -0.25) is 63.5 Å². The summed E-state index contributed by atoms with van der Waals surface area (Å²) in [7, 11) is 6.08. The number of carbonyl (C=O) groups is 5. The molecule has 3 fully saturated rings. The summed E-state index contributed by atoms with van der Waals surface area (Å²) in [5, 5.41) is 21.6. The predicted molar refractivity (Wildman–Crippen MR) is 536 cm³/mol. The molecule has 12 heterocycles. The van der Waals surface area contributed by atoms with Gasteiger partial charge < -0.3 is 38.1 Å². The van der Waals surface area contributed by atoms with Crippen LogP contribution in [0.5, 0.6) is 11.5 Å². The molecule has 9 aliphatic rings. The van der Waals surface area contributed by atoms with E-state index in [1.54, 1.807) is 94.7 Å². The third kappa shape index (κ3) is 19.3. The number of piperidine rings is 1.